The van der Waals surface area contributed by atoms with Gasteiger partial charge in [0, 0.05) is 30.9 Å². The van der Waals surface area contributed by atoms with E-state index in [1.54, 1.807) is 25.4 Å². The van der Waals surface area contributed by atoms with E-state index in [2.05, 4.69) is 15.0 Å². The van der Waals surface area contributed by atoms with Gasteiger partial charge in [0.15, 0.2) is 5.65 Å². The van der Waals surface area contributed by atoms with E-state index in [0.717, 1.165) is 22.5 Å². The fourth-order valence-electron chi connectivity index (χ4n) is 2.66. The van der Waals surface area contributed by atoms with Crippen LogP contribution in [0.2, 0.25) is 0 Å². The Morgan fingerprint density at radius 1 is 1.28 bits per heavy atom. The van der Waals surface area contributed by atoms with E-state index in [4.69, 9.17) is 5.11 Å². The fraction of sp³-hybridized carbons (Fsp3) is 0.278. The van der Waals surface area contributed by atoms with Crippen LogP contribution >= 0.6 is 0 Å². The first-order valence-corrected chi connectivity index (χ1v) is 7.95. The molecular formula is C18H20N4O3. The Kier molecular flexibility index (Phi) is 4.78. The number of carbonyl (C=O) groups is 1. The third-order valence-electron chi connectivity index (χ3n) is 3.96. The summed E-state index contributed by atoms with van der Waals surface area (Å²) in [7, 11) is 1.59. The smallest absolute Gasteiger partial charge is 0.253 e. The molecule has 0 saturated heterocycles. The van der Waals surface area contributed by atoms with Crippen LogP contribution in [-0.2, 0) is 0 Å². The number of H-pyrrole nitrogens is 1. The Balaban J connectivity index is 1.79. The summed E-state index contributed by atoms with van der Waals surface area (Å²) < 4.78 is 0. The van der Waals surface area contributed by atoms with Gasteiger partial charge >= 0.3 is 0 Å². The first-order valence-electron chi connectivity index (χ1n) is 7.95. The van der Waals surface area contributed by atoms with Crippen LogP contribution in [0.4, 0.5) is 0 Å². The molecule has 25 heavy (non-hydrogen) atoms. The molecule has 0 aliphatic rings. The minimum absolute atomic E-state index is 0.0802. The lowest BCUT2D eigenvalue weighted by Gasteiger charge is -2.19. The summed E-state index contributed by atoms with van der Waals surface area (Å²) in [5.74, 6) is 0.602. The van der Waals surface area contributed by atoms with Crippen LogP contribution < -0.4 is 0 Å². The average Bonchev–Trinajstić information content (AvgIpc) is 3.00. The molecule has 0 bridgehead atoms. The molecule has 130 valence electrons. The van der Waals surface area contributed by atoms with Gasteiger partial charge in [0.25, 0.3) is 5.91 Å². The van der Waals surface area contributed by atoms with Crippen LogP contribution in [0, 0.1) is 6.92 Å². The summed E-state index contributed by atoms with van der Waals surface area (Å²) in [5, 5.41) is 18.3. The van der Waals surface area contributed by atoms with Crippen LogP contribution in [0.15, 0.2) is 36.5 Å². The number of hydrogen-bond acceptors (Lipinski definition) is 5. The number of aliphatic hydroxyl groups excluding tert-OH is 2. The van der Waals surface area contributed by atoms with Crippen LogP contribution in [0.3, 0.4) is 0 Å². The molecule has 1 amide bonds. The van der Waals surface area contributed by atoms with E-state index in [-0.39, 0.29) is 19.1 Å². The molecule has 2 aromatic heterocycles. The maximum atomic E-state index is 12.3. The molecule has 0 spiro atoms. The molecule has 2 heterocycles. The van der Waals surface area contributed by atoms with Gasteiger partial charge in [-0.15, -0.1) is 0 Å². The molecule has 7 nitrogen and oxygen atoms in total. The fourth-order valence-corrected chi connectivity index (χ4v) is 2.66. The Bertz CT molecular complexity index is 889. The second-order valence-corrected chi connectivity index (χ2v) is 6.02. The number of fused-ring (bicyclic) bond motifs is 1. The first kappa shape index (κ1) is 17.1. The number of imidazole rings is 1. The first-order chi connectivity index (χ1) is 12.0. The maximum absolute atomic E-state index is 12.3. The van der Waals surface area contributed by atoms with Crippen LogP contribution in [0.1, 0.15) is 16.2 Å². The SMILES string of the molecule is Cc1nc2ncc(-c3ccc(C(=O)N(C)C[C@@H](O)CO)cc3)cc2[nH]1. The van der Waals surface area contributed by atoms with Crippen molar-refractivity contribution >= 4 is 17.1 Å². The molecule has 1 atom stereocenters. The van der Waals surface area contributed by atoms with Gasteiger partial charge in [0.05, 0.1) is 18.2 Å². The normalized spacial score (nSPS) is 12.3. The molecule has 3 rings (SSSR count). The minimum Gasteiger partial charge on any atom is -0.394 e. The van der Waals surface area contributed by atoms with Crippen molar-refractivity contribution in [2.45, 2.75) is 13.0 Å². The van der Waals surface area contributed by atoms with Crippen molar-refractivity contribution in [1.82, 2.24) is 19.9 Å². The lowest BCUT2D eigenvalue weighted by molar-refractivity contribution is 0.0520. The van der Waals surface area contributed by atoms with E-state index < -0.39 is 6.10 Å². The molecule has 0 fully saturated rings. The van der Waals surface area contributed by atoms with Gasteiger partial charge in [-0.1, -0.05) is 12.1 Å². The van der Waals surface area contributed by atoms with E-state index in [9.17, 15) is 9.90 Å². The topological polar surface area (TPSA) is 102 Å². The molecule has 0 aliphatic carbocycles. The van der Waals surface area contributed by atoms with Crippen molar-refractivity contribution in [2.75, 3.05) is 20.2 Å². The van der Waals surface area contributed by atoms with Crippen molar-refractivity contribution in [2.24, 2.45) is 0 Å². The maximum Gasteiger partial charge on any atom is 0.253 e. The standard InChI is InChI=1S/C18H20N4O3/c1-11-20-16-7-14(8-19-17(16)21-11)12-3-5-13(6-4-12)18(25)22(2)9-15(24)10-23/h3-8,15,23-24H,9-10H2,1-2H3,(H,19,20,21)/t15-/m1/s1. The minimum atomic E-state index is -0.941. The Morgan fingerprint density at radius 3 is 2.68 bits per heavy atom. The quantitative estimate of drug-likeness (QED) is 0.651. The van der Waals surface area contributed by atoms with Gasteiger partial charge in [-0.25, -0.2) is 9.97 Å². The lowest BCUT2D eigenvalue weighted by Crippen LogP contribution is -2.35. The summed E-state index contributed by atoms with van der Waals surface area (Å²) in [6.07, 6.45) is 0.812. The van der Waals surface area contributed by atoms with Gasteiger partial charge in [0.1, 0.15) is 5.82 Å². The Hall–Kier alpha value is -2.77. The van der Waals surface area contributed by atoms with Crippen molar-refractivity contribution in [3.8, 4) is 11.1 Å². The van der Waals surface area contributed by atoms with Crippen molar-refractivity contribution in [3.05, 3.63) is 47.9 Å². The number of aliphatic hydroxyl groups is 2. The van der Waals surface area contributed by atoms with E-state index in [0.29, 0.717) is 11.2 Å². The number of pyridine rings is 1. The number of aromatic nitrogens is 3. The molecule has 0 aliphatic heterocycles. The van der Waals surface area contributed by atoms with Crippen LogP contribution in [-0.4, -0.2) is 62.3 Å². The van der Waals surface area contributed by atoms with Crippen molar-refractivity contribution in [1.29, 1.82) is 0 Å². The second-order valence-electron chi connectivity index (χ2n) is 6.02. The number of carbonyl (C=O) groups excluding carboxylic acids is 1. The second kappa shape index (κ2) is 7.00. The summed E-state index contributed by atoms with van der Waals surface area (Å²) in [6, 6.07) is 9.16. The Labute approximate surface area is 145 Å². The predicted molar refractivity (Wildman–Crippen MR) is 94.1 cm³/mol. The van der Waals surface area contributed by atoms with E-state index >= 15 is 0 Å². The highest BCUT2D eigenvalue weighted by Crippen LogP contribution is 2.22. The highest BCUT2D eigenvalue weighted by Gasteiger charge is 2.15. The molecule has 7 heteroatoms. The zero-order valence-electron chi connectivity index (χ0n) is 14.1. The molecule has 0 unspecified atom stereocenters. The summed E-state index contributed by atoms with van der Waals surface area (Å²) in [4.78, 5) is 25.5. The zero-order chi connectivity index (χ0) is 18.0. The average molecular weight is 340 g/mol. The van der Waals surface area contributed by atoms with Gasteiger partial charge < -0.3 is 20.1 Å². The number of aryl methyl sites for hydroxylation is 1. The number of nitrogens with zero attached hydrogens (tertiary/aromatic N) is 3. The highest BCUT2D eigenvalue weighted by atomic mass is 16.3. The largest absolute Gasteiger partial charge is 0.394 e. The number of hydrogen-bond donors (Lipinski definition) is 3. The van der Waals surface area contributed by atoms with Gasteiger partial charge in [-0.05, 0) is 30.7 Å². The third-order valence-corrected chi connectivity index (χ3v) is 3.96. The molecule has 0 radical (unpaired) electrons. The lowest BCUT2D eigenvalue weighted by atomic mass is 10.0. The van der Waals surface area contributed by atoms with Gasteiger partial charge in [-0.2, -0.15) is 0 Å². The highest BCUT2D eigenvalue weighted by molar-refractivity contribution is 5.94. The van der Waals surface area contributed by atoms with Crippen LogP contribution in [0.5, 0.6) is 0 Å². The molecule has 1 aromatic carbocycles. The summed E-state index contributed by atoms with van der Waals surface area (Å²) >= 11 is 0. The number of nitrogens with one attached hydrogen (secondary N) is 1. The Morgan fingerprint density at radius 2 is 2.00 bits per heavy atom. The summed E-state index contributed by atoms with van der Waals surface area (Å²) in [5.41, 5.74) is 3.93. The van der Waals surface area contributed by atoms with Gasteiger partial charge in [-0.3, -0.25) is 4.79 Å². The number of amides is 1. The van der Waals surface area contributed by atoms with Gasteiger partial charge in [0.2, 0.25) is 0 Å². The summed E-state index contributed by atoms with van der Waals surface area (Å²) in [6.45, 7) is 1.59. The number of likely N-dealkylation sites (N-methyl/N-ethyl adjacent to an activating group) is 1. The molecule has 3 aromatic rings. The van der Waals surface area contributed by atoms with Crippen molar-refractivity contribution in [3.63, 3.8) is 0 Å². The zero-order valence-corrected chi connectivity index (χ0v) is 14.1. The number of benzene rings is 1. The van der Waals surface area contributed by atoms with E-state index in [1.807, 2.05) is 25.1 Å². The monoisotopic (exact) mass is 340 g/mol. The molecular weight excluding hydrogens is 320 g/mol. The molecule has 3 N–H and O–H groups in total. The third kappa shape index (κ3) is 3.67. The number of rotatable bonds is 5. The predicted octanol–water partition coefficient (Wildman–Crippen LogP) is 1.36. The van der Waals surface area contributed by atoms with Crippen LogP contribution in [0.25, 0.3) is 22.3 Å². The number of aromatic amines is 1. The van der Waals surface area contributed by atoms with Crippen molar-refractivity contribution < 1.29 is 15.0 Å². The van der Waals surface area contributed by atoms with E-state index in [1.165, 1.54) is 4.90 Å². The molecule has 0 saturated carbocycles.